The summed E-state index contributed by atoms with van der Waals surface area (Å²) >= 11 is 12.6. The zero-order valence-corrected chi connectivity index (χ0v) is 24.1. The highest BCUT2D eigenvalue weighted by molar-refractivity contribution is 6.74. The van der Waals surface area contributed by atoms with E-state index in [2.05, 4.69) is 38.8 Å². The Morgan fingerprint density at radius 3 is 2.29 bits per heavy atom. The Kier molecular flexibility index (Phi) is 7.76. The van der Waals surface area contributed by atoms with E-state index in [0.717, 1.165) is 24.0 Å². The predicted octanol–water partition coefficient (Wildman–Crippen LogP) is 7.82. The van der Waals surface area contributed by atoms with Crippen molar-refractivity contribution in [1.29, 1.82) is 0 Å². The van der Waals surface area contributed by atoms with Gasteiger partial charge in [0.1, 0.15) is 12.2 Å². The minimum absolute atomic E-state index is 0.00895. The molecule has 1 aliphatic heterocycles. The van der Waals surface area contributed by atoms with E-state index in [1.807, 2.05) is 55.5 Å². The van der Waals surface area contributed by atoms with Crippen LogP contribution in [0.3, 0.4) is 0 Å². The lowest BCUT2D eigenvalue weighted by atomic mass is 9.90. The first-order valence-corrected chi connectivity index (χ1v) is 16.2. The van der Waals surface area contributed by atoms with Crippen molar-refractivity contribution in [2.75, 3.05) is 6.61 Å². The molecule has 2 aromatic carbocycles. The van der Waals surface area contributed by atoms with Gasteiger partial charge in [-0.2, -0.15) is 0 Å². The molecule has 1 saturated heterocycles. The summed E-state index contributed by atoms with van der Waals surface area (Å²) in [5.74, 6) is 0.447. The quantitative estimate of drug-likeness (QED) is 0.340. The summed E-state index contributed by atoms with van der Waals surface area (Å²) < 4.78 is 13.1. The lowest BCUT2D eigenvalue weighted by molar-refractivity contribution is -0.179. The Labute approximate surface area is 221 Å². The van der Waals surface area contributed by atoms with Gasteiger partial charge < -0.3 is 14.1 Å². The number of benzene rings is 2. The maximum absolute atomic E-state index is 13.8. The van der Waals surface area contributed by atoms with Gasteiger partial charge >= 0.3 is 0 Å². The van der Waals surface area contributed by atoms with Crippen LogP contribution < -0.4 is 0 Å². The van der Waals surface area contributed by atoms with Crippen LogP contribution in [-0.2, 0) is 14.0 Å². The molecule has 1 heterocycles. The summed E-state index contributed by atoms with van der Waals surface area (Å²) in [4.78, 5) is 15.9. The van der Waals surface area contributed by atoms with Crippen molar-refractivity contribution in [3.63, 3.8) is 0 Å². The topological polar surface area (TPSA) is 38.8 Å². The van der Waals surface area contributed by atoms with Crippen LogP contribution in [0.15, 0.2) is 48.5 Å². The van der Waals surface area contributed by atoms with Gasteiger partial charge in [-0.1, -0.05) is 68.2 Å². The summed E-state index contributed by atoms with van der Waals surface area (Å²) in [6.07, 6.45) is 1.31. The van der Waals surface area contributed by atoms with Crippen LogP contribution in [0.25, 0.3) is 0 Å². The Hall–Kier alpha value is -1.37. The standard InChI is InChI=1S/C28H37Cl2NO3Si/c1-18-27(32)31(24(19-10-11-19)17-33-35(5,6)28(2,3)4)25(20-12-14-22(29)15-13-20)26(34-18)21-8-7-9-23(30)16-21/h7-9,12-16,18-19,24-26H,10-11,17H2,1-6H3/t18-,24?,25?,26?/m1/s1. The molecular weight excluding hydrogens is 497 g/mol. The molecule has 4 nitrogen and oxygen atoms in total. The van der Waals surface area contributed by atoms with Crippen LogP contribution >= 0.6 is 23.2 Å². The van der Waals surface area contributed by atoms with E-state index in [9.17, 15) is 4.79 Å². The fourth-order valence-corrected chi connectivity index (χ4v) is 5.93. The molecule has 0 radical (unpaired) electrons. The van der Waals surface area contributed by atoms with Crippen LogP contribution in [0, 0.1) is 5.92 Å². The molecule has 0 bridgehead atoms. The van der Waals surface area contributed by atoms with Gasteiger partial charge in [0.05, 0.1) is 18.7 Å². The van der Waals surface area contributed by atoms with Crippen LogP contribution in [0.5, 0.6) is 0 Å². The van der Waals surface area contributed by atoms with E-state index in [1.54, 1.807) is 0 Å². The Bertz CT molecular complexity index is 1050. The molecule has 2 aliphatic rings. The molecule has 0 spiro atoms. The van der Waals surface area contributed by atoms with Gasteiger partial charge in [-0.3, -0.25) is 4.79 Å². The summed E-state index contributed by atoms with van der Waals surface area (Å²) in [5, 5.41) is 1.41. The van der Waals surface area contributed by atoms with Crippen molar-refractivity contribution in [2.45, 2.75) is 83.0 Å². The monoisotopic (exact) mass is 533 g/mol. The number of nitrogens with zero attached hydrogens (tertiary/aromatic N) is 1. The molecule has 0 N–H and O–H groups in total. The number of morpholine rings is 1. The molecule has 2 fully saturated rings. The second kappa shape index (κ2) is 10.2. The number of hydrogen-bond donors (Lipinski definition) is 0. The number of hydrogen-bond acceptors (Lipinski definition) is 3. The second-order valence-electron chi connectivity index (χ2n) is 11.5. The summed E-state index contributed by atoms with van der Waals surface area (Å²) in [7, 11) is -1.99. The van der Waals surface area contributed by atoms with Crippen molar-refractivity contribution in [3.05, 3.63) is 69.7 Å². The Balaban J connectivity index is 1.77. The molecule has 190 valence electrons. The largest absolute Gasteiger partial charge is 0.415 e. The zero-order chi connectivity index (χ0) is 25.5. The Morgan fingerprint density at radius 2 is 1.71 bits per heavy atom. The van der Waals surface area contributed by atoms with Crippen molar-refractivity contribution in [2.24, 2.45) is 5.92 Å². The van der Waals surface area contributed by atoms with Crippen molar-refractivity contribution >= 4 is 37.4 Å². The fraction of sp³-hybridized carbons (Fsp3) is 0.536. The molecule has 7 heteroatoms. The SMILES string of the molecule is C[C@H]1OC(c2cccc(Cl)c2)C(c2ccc(Cl)cc2)N(C(CO[Si](C)(C)C(C)(C)C)C2CC2)C1=O. The fourth-order valence-electron chi connectivity index (χ4n) is 4.59. The minimum Gasteiger partial charge on any atom is -0.415 e. The summed E-state index contributed by atoms with van der Waals surface area (Å²) in [5.41, 5.74) is 1.96. The first-order chi connectivity index (χ1) is 16.4. The molecule has 4 rings (SSSR count). The number of carbonyl (C=O) groups excluding carboxylic acids is 1. The first-order valence-electron chi connectivity index (χ1n) is 12.5. The zero-order valence-electron chi connectivity index (χ0n) is 21.6. The molecule has 1 aliphatic carbocycles. The van der Waals surface area contributed by atoms with Gasteiger partial charge in [-0.15, -0.1) is 0 Å². The van der Waals surface area contributed by atoms with Crippen LogP contribution in [0.2, 0.25) is 28.2 Å². The highest BCUT2D eigenvalue weighted by Gasteiger charge is 2.50. The number of halogens is 2. The number of amides is 1. The van der Waals surface area contributed by atoms with E-state index in [0.29, 0.717) is 22.6 Å². The molecule has 0 aromatic heterocycles. The van der Waals surface area contributed by atoms with Crippen LogP contribution in [0.1, 0.15) is 63.8 Å². The third-order valence-corrected chi connectivity index (χ3v) is 12.9. The van der Waals surface area contributed by atoms with Crippen molar-refractivity contribution in [3.8, 4) is 0 Å². The van der Waals surface area contributed by atoms with Gasteiger partial charge in [0, 0.05) is 10.0 Å². The summed E-state index contributed by atoms with van der Waals surface area (Å²) in [6, 6.07) is 15.2. The molecule has 1 saturated carbocycles. The number of ether oxygens (including phenoxy) is 1. The van der Waals surface area contributed by atoms with Crippen LogP contribution in [0.4, 0.5) is 0 Å². The van der Waals surface area contributed by atoms with Gasteiger partial charge in [0.2, 0.25) is 0 Å². The molecular formula is C28H37Cl2NO3Si. The number of carbonyl (C=O) groups is 1. The molecule has 1 amide bonds. The minimum atomic E-state index is -1.99. The number of rotatable bonds is 7. The van der Waals surface area contributed by atoms with Gasteiger partial charge in [-0.05, 0) is 79.2 Å². The average Bonchev–Trinajstić information content (AvgIpc) is 3.61. The average molecular weight is 535 g/mol. The van der Waals surface area contributed by atoms with Gasteiger partial charge in [-0.25, -0.2) is 0 Å². The summed E-state index contributed by atoms with van der Waals surface area (Å²) in [6.45, 7) is 13.7. The molecule has 35 heavy (non-hydrogen) atoms. The van der Waals surface area contributed by atoms with Gasteiger partial charge in [0.15, 0.2) is 8.32 Å². The third kappa shape index (κ3) is 5.80. The van der Waals surface area contributed by atoms with Crippen molar-refractivity contribution < 1.29 is 14.0 Å². The van der Waals surface area contributed by atoms with E-state index in [4.69, 9.17) is 32.4 Å². The normalized spacial score (nSPS) is 24.5. The smallest absolute Gasteiger partial charge is 0.252 e. The lowest BCUT2D eigenvalue weighted by Crippen LogP contribution is -2.57. The van der Waals surface area contributed by atoms with E-state index in [1.165, 1.54) is 0 Å². The Morgan fingerprint density at radius 1 is 1.06 bits per heavy atom. The molecule has 4 atom stereocenters. The van der Waals surface area contributed by atoms with E-state index < -0.39 is 14.4 Å². The highest BCUT2D eigenvalue weighted by Crippen LogP contribution is 2.48. The first kappa shape index (κ1) is 26.7. The molecule has 3 unspecified atom stereocenters. The van der Waals surface area contributed by atoms with Gasteiger partial charge in [0.25, 0.3) is 5.91 Å². The predicted molar refractivity (Wildman–Crippen MR) is 145 cm³/mol. The highest BCUT2D eigenvalue weighted by atomic mass is 35.5. The van der Waals surface area contributed by atoms with Crippen LogP contribution in [-0.4, -0.2) is 37.9 Å². The third-order valence-electron chi connectivity index (χ3n) is 7.87. The maximum Gasteiger partial charge on any atom is 0.252 e. The lowest BCUT2D eigenvalue weighted by Gasteiger charge is -2.48. The van der Waals surface area contributed by atoms with Crippen molar-refractivity contribution in [1.82, 2.24) is 4.90 Å². The molecule has 2 aromatic rings. The second-order valence-corrected chi connectivity index (χ2v) is 17.2. The van der Waals surface area contributed by atoms with E-state index >= 15 is 0 Å². The van der Waals surface area contributed by atoms with E-state index in [-0.39, 0.29) is 29.1 Å². The maximum atomic E-state index is 13.8.